The van der Waals surface area contributed by atoms with Gasteiger partial charge in [0.05, 0.1) is 21.3 Å². The summed E-state index contributed by atoms with van der Waals surface area (Å²) in [5, 5.41) is 10.2. The molecule has 128 valence electrons. The zero-order valence-electron chi connectivity index (χ0n) is 14.4. The van der Waals surface area contributed by atoms with Gasteiger partial charge in [-0.3, -0.25) is 0 Å². The zero-order chi connectivity index (χ0) is 17.8. The number of phenolic OH excluding ortho intramolecular Hbond substituents is 1. The van der Waals surface area contributed by atoms with Crippen LogP contribution < -0.4 is 14.2 Å². The van der Waals surface area contributed by atoms with Crippen LogP contribution in [0.15, 0.2) is 60.7 Å². The summed E-state index contributed by atoms with van der Waals surface area (Å²) >= 11 is 0. The van der Waals surface area contributed by atoms with Crippen molar-refractivity contribution in [2.75, 3.05) is 21.3 Å². The Morgan fingerprint density at radius 1 is 0.600 bits per heavy atom. The lowest BCUT2D eigenvalue weighted by molar-refractivity contribution is 0.349. The summed E-state index contributed by atoms with van der Waals surface area (Å²) in [7, 11) is 4.77. The van der Waals surface area contributed by atoms with E-state index in [4.69, 9.17) is 14.2 Å². The van der Waals surface area contributed by atoms with Crippen LogP contribution >= 0.6 is 0 Å². The van der Waals surface area contributed by atoms with Gasteiger partial charge in [0.2, 0.25) is 0 Å². The minimum atomic E-state index is 0.188. The molecule has 0 saturated heterocycles. The maximum Gasteiger partial charge on any atom is 0.164 e. The van der Waals surface area contributed by atoms with Gasteiger partial charge in [-0.05, 0) is 41.0 Å². The Balaban J connectivity index is 2.18. The van der Waals surface area contributed by atoms with E-state index < -0.39 is 0 Å². The normalized spacial score (nSPS) is 10.4. The molecule has 0 aliphatic carbocycles. The Morgan fingerprint density at radius 2 is 1.20 bits per heavy atom. The molecule has 3 rings (SSSR count). The molecule has 0 atom stereocenters. The SMILES string of the molecule is COc1cc(OC)c(-c2cc(O)cc(-c3ccccc3)c2)cc1OC. The molecule has 25 heavy (non-hydrogen) atoms. The van der Waals surface area contributed by atoms with Crippen molar-refractivity contribution in [3.63, 3.8) is 0 Å². The van der Waals surface area contributed by atoms with Crippen LogP contribution in [0.25, 0.3) is 22.3 Å². The molecule has 0 bridgehead atoms. The number of rotatable bonds is 5. The predicted octanol–water partition coefficient (Wildman–Crippen LogP) is 4.75. The lowest BCUT2D eigenvalue weighted by Crippen LogP contribution is -1.95. The average Bonchev–Trinajstić information content (AvgIpc) is 2.67. The van der Waals surface area contributed by atoms with Crippen LogP contribution in [-0.4, -0.2) is 26.4 Å². The highest BCUT2D eigenvalue weighted by atomic mass is 16.5. The van der Waals surface area contributed by atoms with Gasteiger partial charge in [0.1, 0.15) is 11.5 Å². The van der Waals surface area contributed by atoms with Crippen molar-refractivity contribution in [2.45, 2.75) is 0 Å². The van der Waals surface area contributed by atoms with Gasteiger partial charge in [-0.15, -0.1) is 0 Å². The van der Waals surface area contributed by atoms with Gasteiger partial charge in [-0.2, -0.15) is 0 Å². The number of hydrogen-bond acceptors (Lipinski definition) is 4. The topological polar surface area (TPSA) is 47.9 Å². The third-order valence-electron chi connectivity index (χ3n) is 4.04. The first-order chi connectivity index (χ1) is 12.2. The van der Waals surface area contributed by atoms with Crippen molar-refractivity contribution in [2.24, 2.45) is 0 Å². The van der Waals surface area contributed by atoms with E-state index in [1.54, 1.807) is 39.5 Å². The maximum atomic E-state index is 10.2. The Labute approximate surface area is 147 Å². The van der Waals surface area contributed by atoms with E-state index in [1.165, 1.54) is 0 Å². The largest absolute Gasteiger partial charge is 0.508 e. The van der Waals surface area contributed by atoms with E-state index in [1.807, 2.05) is 42.5 Å². The Hall–Kier alpha value is -3.14. The standard InChI is InChI=1S/C21H20O4/c1-23-19-13-21(25-3)20(24-2)12-18(19)16-9-15(10-17(22)11-16)14-7-5-4-6-8-14/h4-13,22H,1-3H3. The summed E-state index contributed by atoms with van der Waals surface area (Å²) in [5.41, 5.74) is 3.59. The molecule has 4 nitrogen and oxygen atoms in total. The van der Waals surface area contributed by atoms with E-state index >= 15 is 0 Å². The lowest BCUT2D eigenvalue weighted by Gasteiger charge is -2.15. The highest BCUT2D eigenvalue weighted by Crippen LogP contribution is 2.42. The van der Waals surface area contributed by atoms with E-state index in [9.17, 15) is 5.11 Å². The van der Waals surface area contributed by atoms with Gasteiger partial charge in [0, 0.05) is 11.6 Å². The first-order valence-electron chi connectivity index (χ1n) is 7.86. The summed E-state index contributed by atoms with van der Waals surface area (Å²) < 4.78 is 16.2. The highest BCUT2D eigenvalue weighted by Gasteiger charge is 2.15. The van der Waals surface area contributed by atoms with E-state index in [0.29, 0.717) is 17.2 Å². The molecule has 0 fully saturated rings. The summed E-state index contributed by atoms with van der Waals surface area (Å²) in [5.74, 6) is 2.02. The minimum absolute atomic E-state index is 0.188. The number of aromatic hydroxyl groups is 1. The number of hydrogen-bond donors (Lipinski definition) is 1. The van der Waals surface area contributed by atoms with E-state index in [0.717, 1.165) is 22.3 Å². The molecule has 0 amide bonds. The van der Waals surface area contributed by atoms with Gasteiger partial charge >= 0.3 is 0 Å². The number of methoxy groups -OCH3 is 3. The fourth-order valence-electron chi connectivity index (χ4n) is 2.82. The van der Waals surface area contributed by atoms with Crippen LogP contribution in [0.3, 0.4) is 0 Å². The fourth-order valence-corrected chi connectivity index (χ4v) is 2.82. The number of phenols is 1. The van der Waals surface area contributed by atoms with Crippen LogP contribution in [-0.2, 0) is 0 Å². The third-order valence-corrected chi connectivity index (χ3v) is 4.04. The molecular formula is C21H20O4. The van der Waals surface area contributed by atoms with Crippen LogP contribution in [0.5, 0.6) is 23.0 Å². The van der Waals surface area contributed by atoms with Crippen LogP contribution in [0, 0.1) is 0 Å². The van der Waals surface area contributed by atoms with Crippen molar-refractivity contribution < 1.29 is 19.3 Å². The summed E-state index contributed by atoms with van der Waals surface area (Å²) in [6, 6.07) is 19.0. The Morgan fingerprint density at radius 3 is 1.84 bits per heavy atom. The van der Waals surface area contributed by atoms with Gasteiger partial charge in [0.15, 0.2) is 11.5 Å². The van der Waals surface area contributed by atoms with Crippen LogP contribution in [0.1, 0.15) is 0 Å². The number of benzene rings is 3. The second kappa shape index (κ2) is 7.18. The Kier molecular flexibility index (Phi) is 4.80. The van der Waals surface area contributed by atoms with Crippen molar-refractivity contribution in [3.05, 3.63) is 60.7 Å². The molecule has 3 aromatic carbocycles. The molecule has 0 heterocycles. The molecule has 0 spiro atoms. The molecule has 0 aliphatic rings. The van der Waals surface area contributed by atoms with Crippen molar-refractivity contribution in [1.82, 2.24) is 0 Å². The highest BCUT2D eigenvalue weighted by molar-refractivity contribution is 5.80. The predicted molar refractivity (Wildman–Crippen MR) is 98.6 cm³/mol. The zero-order valence-corrected chi connectivity index (χ0v) is 14.4. The lowest BCUT2D eigenvalue weighted by atomic mass is 9.97. The smallest absolute Gasteiger partial charge is 0.164 e. The van der Waals surface area contributed by atoms with Crippen molar-refractivity contribution in [1.29, 1.82) is 0 Å². The second-order valence-corrected chi connectivity index (χ2v) is 5.54. The Bertz CT molecular complexity index is 873. The number of ether oxygens (including phenoxy) is 3. The quantitative estimate of drug-likeness (QED) is 0.730. The average molecular weight is 336 g/mol. The molecule has 0 aromatic heterocycles. The summed E-state index contributed by atoms with van der Waals surface area (Å²) in [6.07, 6.45) is 0. The van der Waals surface area contributed by atoms with Gasteiger partial charge in [-0.25, -0.2) is 0 Å². The summed E-state index contributed by atoms with van der Waals surface area (Å²) in [6.45, 7) is 0. The first-order valence-corrected chi connectivity index (χ1v) is 7.86. The van der Waals surface area contributed by atoms with Crippen LogP contribution in [0.4, 0.5) is 0 Å². The minimum Gasteiger partial charge on any atom is -0.508 e. The molecule has 4 heteroatoms. The third kappa shape index (κ3) is 3.38. The van der Waals surface area contributed by atoms with Crippen LogP contribution in [0.2, 0.25) is 0 Å². The fraction of sp³-hybridized carbons (Fsp3) is 0.143. The summed E-state index contributed by atoms with van der Waals surface area (Å²) in [4.78, 5) is 0. The monoisotopic (exact) mass is 336 g/mol. The molecule has 0 radical (unpaired) electrons. The van der Waals surface area contributed by atoms with E-state index in [-0.39, 0.29) is 5.75 Å². The van der Waals surface area contributed by atoms with Gasteiger partial charge in [0.25, 0.3) is 0 Å². The molecule has 0 saturated carbocycles. The van der Waals surface area contributed by atoms with Crippen molar-refractivity contribution in [3.8, 4) is 45.3 Å². The van der Waals surface area contributed by atoms with Gasteiger partial charge in [-0.1, -0.05) is 30.3 Å². The molecular weight excluding hydrogens is 316 g/mol. The van der Waals surface area contributed by atoms with Gasteiger partial charge < -0.3 is 19.3 Å². The second-order valence-electron chi connectivity index (χ2n) is 5.54. The molecule has 3 aromatic rings. The molecule has 1 N–H and O–H groups in total. The molecule has 0 aliphatic heterocycles. The first kappa shape index (κ1) is 16.7. The maximum absolute atomic E-state index is 10.2. The molecule has 0 unspecified atom stereocenters. The van der Waals surface area contributed by atoms with E-state index in [2.05, 4.69) is 0 Å². The van der Waals surface area contributed by atoms with Crippen molar-refractivity contribution >= 4 is 0 Å².